The molecule has 1 heterocycles. The molecular formula is C12H9BrClN. The average molecular weight is 283 g/mol. The molecule has 0 N–H and O–H groups in total. The van der Waals surface area contributed by atoms with Gasteiger partial charge in [-0.3, -0.25) is 4.98 Å². The number of rotatable bonds is 1. The molecule has 0 atom stereocenters. The maximum absolute atomic E-state index is 6.15. The number of benzene rings is 1. The lowest BCUT2D eigenvalue weighted by molar-refractivity contribution is 1.20. The zero-order chi connectivity index (χ0) is 10.8. The number of aromatic nitrogens is 1. The van der Waals surface area contributed by atoms with Crippen LogP contribution in [-0.4, -0.2) is 4.98 Å². The van der Waals surface area contributed by atoms with Crippen molar-refractivity contribution >= 4 is 27.5 Å². The van der Waals surface area contributed by atoms with Gasteiger partial charge in [0.15, 0.2) is 0 Å². The van der Waals surface area contributed by atoms with Crippen LogP contribution in [0.15, 0.2) is 41.0 Å². The lowest BCUT2D eigenvalue weighted by Crippen LogP contribution is -1.88. The molecule has 15 heavy (non-hydrogen) atoms. The van der Waals surface area contributed by atoms with Crippen LogP contribution < -0.4 is 0 Å². The maximum atomic E-state index is 6.15. The van der Waals surface area contributed by atoms with Crippen LogP contribution in [0.25, 0.3) is 11.1 Å². The Labute approximate surface area is 102 Å². The van der Waals surface area contributed by atoms with Crippen molar-refractivity contribution in [2.45, 2.75) is 6.92 Å². The highest BCUT2D eigenvalue weighted by atomic mass is 79.9. The number of aryl methyl sites for hydroxylation is 1. The van der Waals surface area contributed by atoms with Gasteiger partial charge in [0, 0.05) is 21.9 Å². The van der Waals surface area contributed by atoms with Gasteiger partial charge in [0.2, 0.25) is 0 Å². The molecule has 0 amide bonds. The Morgan fingerprint density at radius 3 is 2.40 bits per heavy atom. The van der Waals surface area contributed by atoms with E-state index in [9.17, 15) is 0 Å². The van der Waals surface area contributed by atoms with Gasteiger partial charge in [0.1, 0.15) is 0 Å². The highest BCUT2D eigenvalue weighted by molar-refractivity contribution is 9.10. The fraction of sp³-hybridized carbons (Fsp3) is 0.0833. The predicted molar refractivity (Wildman–Crippen MR) is 67.1 cm³/mol. The summed E-state index contributed by atoms with van der Waals surface area (Å²) in [5.74, 6) is 0. The third kappa shape index (κ3) is 2.21. The summed E-state index contributed by atoms with van der Waals surface area (Å²) >= 11 is 9.56. The number of halogens is 2. The summed E-state index contributed by atoms with van der Waals surface area (Å²) in [6.07, 6.45) is 1.72. The first-order valence-corrected chi connectivity index (χ1v) is 5.72. The average Bonchev–Trinajstić information content (AvgIpc) is 2.20. The van der Waals surface area contributed by atoms with Crippen LogP contribution in [0.3, 0.4) is 0 Å². The first-order chi connectivity index (χ1) is 7.18. The quantitative estimate of drug-likeness (QED) is 0.752. The smallest absolute Gasteiger partial charge is 0.0517 e. The maximum Gasteiger partial charge on any atom is 0.0517 e. The van der Waals surface area contributed by atoms with Crippen LogP contribution in [0.1, 0.15) is 5.69 Å². The van der Waals surface area contributed by atoms with E-state index in [-0.39, 0.29) is 0 Å². The van der Waals surface area contributed by atoms with E-state index in [1.807, 2.05) is 37.3 Å². The Balaban J connectivity index is 2.58. The Kier molecular flexibility index (Phi) is 3.08. The van der Waals surface area contributed by atoms with Crippen molar-refractivity contribution in [3.8, 4) is 11.1 Å². The fourth-order valence-electron chi connectivity index (χ4n) is 1.50. The highest BCUT2D eigenvalue weighted by Crippen LogP contribution is 2.30. The predicted octanol–water partition coefficient (Wildman–Crippen LogP) is 4.47. The molecule has 0 saturated carbocycles. The molecule has 0 unspecified atom stereocenters. The van der Waals surface area contributed by atoms with Gasteiger partial charge >= 0.3 is 0 Å². The van der Waals surface area contributed by atoms with Gasteiger partial charge in [-0.15, -0.1) is 0 Å². The number of hydrogen-bond donors (Lipinski definition) is 0. The number of pyridine rings is 1. The van der Waals surface area contributed by atoms with E-state index in [1.165, 1.54) is 0 Å². The summed E-state index contributed by atoms with van der Waals surface area (Å²) in [5, 5.41) is 0.741. The van der Waals surface area contributed by atoms with Crippen molar-refractivity contribution in [1.29, 1.82) is 0 Å². The van der Waals surface area contributed by atoms with E-state index in [0.717, 1.165) is 26.3 Å². The third-order valence-corrected chi connectivity index (χ3v) is 3.07. The molecule has 2 rings (SSSR count). The molecule has 0 aliphatic carbocycles. The van der Waals surface area contributed by atoms with E-state index < -0.39 is 0 Å². The van der Waals surface area contributed by atoms with Crippen molar-refractivity contribution in [2.75, 3.05) is 0 Å². The summed E-state index contributed by atoms with van der Waals surface area (Å²) in [7, 11) is 0. The second-order valence-corrected chi connectivity index (χ2v) is 4.58. The summed E-state index contributed by atoms with van der Waals surface area (Å²) in [5.41, 5.74) is 3.05. The zero-order valence-electron chi connectivity index (χ0n) is 8.17. The topological polar surface area (TPSA) is 12.9 Å². The Morgan fingerprint density at radius 1 is 1.13 bits per heavy atom. The minimum atomic E-state index is 0.741. The minimum absolute atomic E-state index is 0.741. The molecule has 0 aliphatic heterocycles. The van der Waals surface area contributed by atoms with Gasteiger partial charge in [-0.25, -0.2) is 0 Å². The Bertz CT molecular complexity index is 459. The number of nitrogens with zero attached hydrogens (tertiary/aromatic N) is 1. The molecule has 0 bridgehead atoms. The molecule has 2 aromatic rings. The van der Waals surface area contributed by atoms with Crippen LogP contribution in [0.2, 0.25) is 5.02 Å². The van der Waals surface area contributed by atoms with E-state index in [2.05, 4.69) is 20.9 Å². The van der Waals surface area contributed by atoms with Crippen LogP contribution in [0, 0.1) is 6.92 Å². The number of hydrogen-bond acceptors (Lipinski definition) is 1. The van der Waals surface area contributed by atoms with Crippen molar-refractivity contribution in [3.63, 3.8) is 0 Å². The molecule has 0 radical (unpaired) electrons. The molecule has 76 valence electrons. The van der Waals surface area contributed by atoms with Crippen LogP contribution in [0.5, 0.6) is 0 Å². The van der Waals surface area contributed by atoms with Gasteiger partial charge in [0.05, 0.1) is 5.02 Å². The second-order valence-electron chi connectivity index (χ2n) is 3.26. The van der Waals surface area contributed by atoms with Gasteiger partial charge in [-0.1, -0.05) is 39.7 Å². The monoisotopic (exact) mass is 281 g/mol. The van der Waals surface area contributed by atoms with Gasteiger partial charge in [-0.05, 0) is 30.7 Å². The third-order valence-electron chi connectivity index (χ3n) is 2.22. The molecule has 0 aliphatic rings. The normalized spacial score (nSPS) is 10.3. The van der Waals surface area contributed by atoms with Crippen molar-refractivity contribution in [2.24, 2.45) is 0 Å². The molecule has 0 spiro atoms. The van der Waals surface area contributed by atoms with Crippen molar-refractivity contribution in [3.05, 3.63) is 51.7 Å². The van der Waals surface area contributed by atoms with Crippen LogP contribution in [-0.2, 0) is 0 Å². The van der Waals surface area contributed by atoms with Crippen molar-refractivity contribution in [1.82, 2.24) is 4.98 Å². The first-order valence-electron chi connectivity index (χ1n) is 4.55. The van der Waals surface area contributed by atoms with E-state index in [4.69, 9.17) is 11.6 Å². The fourth-order valence-corrected chi connectivity index (χ4v) is 2.07. The molecule has 0 fully saturated rings. The molecule has 1 aromatic carbocycles. The summed E-state index contributed by atoms with van der Waals surface area (Å²) in [6, 6.07) is 9.86. The van der Waals surface area contributed by atoms with Gasteiger partial charge < -0.3 is 0 Å². The first kappa shape index (κ1) is 10.7. The van der Waals surface area contributed by atoms with E-state index in [0.29, 0.717) is 0 Å². The van der Waals surface area contributed by atoms with Gasteiger partial charge in [-0.2, -0.15) is 0 Å². The van der Waals surface area contributed by atoms with E-state index in [1.54, 1.807) is 6.20 Å². The Morgan fingerprint density at radius 2 is 1.80 bits per heavy atom. The van der Waals surface area contributed by atoms with Crippen molar-refractivity contribution < 1.29 is 0 Å². The summed E-state index contributed by atoms with van der Waals surface area (Å²) < 4.78 is 1.06. The Hall–Kier alpha value is -0.860. The van der Waals surface area contributed by atoms with Crippen LogP contribution in [0.4, 0.5) is 0 Å². The lowest BCUT2D eigenvalue weighted by Gasteiger charge is -2.07. The molecule has 1 nitrogen and oxygen atoms in total. The lowest BCUT2D eigenvalue weighted by atomic mass is 10.0. The highest BCUT2D eigenvalue weighted by Gasteiger charge is 2.06. The largest absolute Gasteiger partial charge is 0.261 e. The minimum Gasteiger partial charge on any atom is -0.261 e. The van der Waals surface area contributed by atoms with Crippen LogP contribution >= 0.6 is 27.5 Å². The van der Waals surface area contributed by atoms with E-state index >= 15 is 0 Å². The molecule has 3 heteroatoms. The zero-order valence-corrected chi connectivity index (χ0v) is 10.5. The SMILES string of the molecule is Cc1nccc(Cl)c1-c1ccc(Br)cc1. The molecular weight excluding hydrogens is 273 g/mol. The molecule has 0 saturated heterocycles. The summed E-state index contributed by atoms with van der Waals surface area (Å²) in [4.78, 5) is 4.24. The van der Waals surface area contributed by atoms with Gasteiger partial charge in [0.25, 0.3) is 0 Å². The molecule has 1 aromatic heterocycles. The summed E-state index contributed by atoms with van der Waals surface area (Å²) in [6.45, 7) is 1.96. The second kappa shape index (κ2) is 4.33. The standard InChI is InChI=1S/C12H9BrClN/c1-8-12(11(14)6-7-15-8)9-2-4-10(13)5-3-9/h2-7H,1H3.